The van der Waals surface area contributed by atoms with Gasteiger partial charge in [-0.25, -0.2) is 0 Å². The van der Waals surface area contributed by atoms with E-state index in [9.17, 15) is 5.11 Å². The zero-order valence-corrected chi connectivity index (χ0v) is 10.5. The van der Waals surface area contributed by atoms with Crippen molar-refractivity contribution in [2.75, 3.05) is 26.2 Å². The molecular weight excluding hydrogens is 200 g/mol. The second-order valence-electron chi connectivity index (χ2n) is 5.50. The van der Waals surface area contributed by atoms with E-state index in [1.54, 1.807) is 0 Å². The SMILES string of the molecule is CCC1CCCN(CC(CO)NC2CC2)C1. The van der Waals surface area contributed by atoms with Gasteiger partial charge in [-0.05, 0) is 38.1 Å². The van der Waals surface area contributed by atoms with Crippen molar-refractivity contribution in [3.8, 4) is 0 Å². The highest BCUT2D eigenvalue weighted by Gasteiger charge is 2.26. The molecular formula is C13H26N2O. The summed E-state index contributed by atoms with van der Waals surface area (Å²) < 4.78 is 0. The zero-order valence-electron chi connectivity index (χ0n) is 10.5. The molecule has 3 heteroatoms. The topological polar surface area (TPSA) is 35.5 Å². The molecule has 2 aliphatic rings. The van der Waals surface area contributed by atoms with Gasteiger partial charge in [-0.2, -0.15) is 0 Å². The Morgan fingerprint density at radius 1 is 1.38 bits per heavy atom. The molecule has 0 bridgehead atoms. The second kappa shape index (κ2) is 5.99. The van der Waals surface area contributed by atoms with E-state index in [1.807, 2.05) is 0 Å². The molecule has 3 nitrogen and oxygen atoms in total. The van der Waals surface area contributed by atoms with E-state index in [-0.39, 0.29) is 6.61 Å². The highest BCUT2D eigenvalue weighted by Crippen LogP contribution is 2.21. The van der Waals surface area contributed by atoms with Gasteiger partial charge in [-0.15, -0.1) is 0 Å². The largest absolute Gasteiger partial charge is 0.395 e. The maximum Gasteiger partial charge on any atom is 0.0597 e. The van der Waals surface area contributed by atoms with Gasteiger partial charge in [0.2, 0.25) is 0 Å². The highest BCUT2D eigenvalue weighted by atomic mass is 16.3. The third-order valence-electron chi connectivity index (χ3n) is 3.93. The lowest BCUT2D eigenvalue weighted by atomic mass is 9.95. The molecule has 94 valence electrons. The Kier molecular flexibility index (Phi) is 4.62. The number of rotatable bonds is 6. The van der Waals surface area contributed by atoms with Crippen LogP contribution >= 0.6 is 0 Å². The first kappa shape index (κ1) is 12.3. The average molecular weight is 226 g/mol. The minimum atomic E-state index is 0.282. The summed E-state index contributed by atoms with van der Waals surface area (Å²) in [6.07, 6.45) is 6.63. The molecule has 2 unspecified atom stereocenters. The molecule has 0 amide bonds. The van der Waals surface area contributed by atoms with Crippen molar-refractivity contribution < 1.29 is 5.11 Å². The smallest absolute Gasteiger partial charge is 0.0597 e. The molecule has 2 N–H and O–H groups in total. The molecule has 16 heavy (non-hydrogen) atoms. The van der Waals surface area contributed by atoms with Gasteiger partial charge in [0, 0.05) is 25.2 Å². The first-order chi connectivity index (χ1) is 7.81. The van der Waals surface area contributed by atoms with Crippen LogP contribution in [-0.2, 0) is 0 Å². The fourth-order valence-corrected chi connectivity index (χ4v) is 2.71. The van der Waals surface area contributed by atoms with Gasteiger partial charge < -0.3 is 15.3 Å². The predicted octanol–water partition coefficient (Wildman–Crippen LogP) is 1.22. The van der Waals surface area contributed by atoms with Crippen molar-refractivity contribution in [2.45, 2.75) is 51.1 Å². The van der Waals surface area contributed by atoms with Crippen LogP contribution in [0.3, 0.4) is 0 Å². The average Bonchev–Trinajstić information content (AvgIpc) is 3.12. The number of hydrogen-bond donors (Lipinski definition) is 2. The van der Waals surface area contributed by atoms with Gasteiger partial charge in [0.15, 0.2) is 0 Å². The van der Waals surface area contributed by atoms with Crippen LogP contribution in [0, 0.1) is 5.92 Å². The molecule has 0 radical (unpaired) electrons. The van der Waals surface area contributed by atoms with E-state index in [2.05, 4.69) is 17.1 Å². The minimum absolute atomic E-state index is 0.282. The summed E-state index contributed by atoms with van der Waals surface area (Å²) in [5.74, 6) is 0.883. The van der Waals surface area contributed by atoms with Crippen molar-refractivity contribution in [3.63, 3.8) is 0 Å². The standard InChI is InChI=1S/C13H26N2O/c1-2-11-4-3-7-15(8-11)9-13(10-16)14-12-5-6-12/h11-14,16H,2-10H2,1H3. The van der Waals surface area contributed by atoms with Crippen LogP contribution in [0.5, 0.6) is 0 Å². The van der Waals surface area contributed by atoms with Crippen LogP contribution in [0.1, 0.15) is 39.0 Å². The summed E-state index contributed by atoms with van der Waals surface area (Å²) in [7, 11) is 0. The monoisotopic (exact) mass is 226 g/mol. The van der Waals surface area contributed by atoms with Crippen molar-refractivity contribution in [1.29, 1.82) is 0 Å². The fourth-order valence-electron chi connectivity index (χ4n) is 2.71. The molecule has 0 aromatic carbocycles. The van der Waals surface area contributed by atoms with Gasteiger partial charge in [0.05, 0.1) is 6.61 Å². The van der Waals surface area contributed by atoms with Gasteiger partial charge in [-0.1, -0.05) is 13.3 Å². The van der Waals surface area contributed by atoms with E-state index >= 15 is 0 Å². The molecule has 1 saturated carbocycles. The number of hydrogen-bond acceptors (Lipinski definition) is 3. The van der Waals surface area contributed by atoms with Crippen molar-refractivity contribution in [3.05, 3.63) is 0 Å². The zero-order chi connectivity index (χ0) is 11.4. The van der Waals surface area contributed by atoms with E-state index in [0.29, 0.717) is 12.1 Å². The molecule has 2 fully saturated rings. The Hall–Kier alpha value is -0.120. The third-order valence-corrected chi connectivity index (χ3v) is 3.93. The normalized spacial score (nSPS) is 29.2. The molecule has 1 heterocycles. The van der Waals surface area contributed by atoms with Gasteiger partial charge in [0.25, 0.3) is 0 Å². The molecule has 0 aromatic rings. The van der Waals surface area contributed by atoms with Crippen LogP contribution < -0.4 is 5.32 Å². The number of aliphatic hydroxyl groups excluding tert-OH is 1. The number of likely N-dealkylation sites (tertiary alicyclic amines) is 1. The first-order valence-electron chi connectivity index (χ1n) is 6.91. The highest BCUT2D eigenvalue weighted by molar-refractivity contribution is 4.86. The van der Waals surface area contributed by atoms with Crippen molar-refractivity contribution in [1.82, 2.24) is 10.2 Å². The molecule has 1 aliphatic carbocycles. The summed E-state index contributed by atoms with van der Waals surface area (Å²) in [5.41, 5.74) is 0. The van der Waals surface area contributed by atoms with Crippen LogP contribution in [0.4, 0.5) is 0 Å². The molecule has 0 spiro atoms. The Bertz CT molecular complexity index is 206. The number of piperidine rings is 1. The first-order valence-corrected chi connectivity index (χ1v) is 6.91. The number of nitrogens with zero attached hydrogens (tertiary/aromatic N) is 1. The lowest BCUT2D eigenvalue weighted by Gasteiger charge is -2.34. The number of nitrogens with one attached hydrogen (secondary N) is 1. The number of aliphatic hydroxyl groups is 1. The quantitative estimate of drug-likeness (QED) is 0.715. The summed E-state index contributed by atoms with van der Waals surface area (Å²) in [5, 5.41) is 12.9. The Morgan fingerprint density at radius 2 is 2.19 bits per heavy atom. The summed E-state index contributed by atoms with van der Waals surface area (Å²) in [6, 6.07) is 0.993. The Balaban J connectivity index is 1.72. The summed E-state index contributed by atoms with van der Waals surface area (Å²) in [4.78, 5) is 2.54. The molecule has 0 aromatic heterocycles. The minimum Gasteiger partial charge on any atom is -0.395 e. The lowest BCUT2D eigenvalue weighted by molar-refractivity contribution is 0.133. The van der Waals surface area contributed by atoms with Crippen molar-refractivity contribution >= 4 is 0 Å². The third kappa shape index (κ3) is 3.72. The molecule has 1 aliphatic heterocycles. The van der Waals surface area contributed by atoms with Gasteiger partial charge in [0.1, 0.15) is 0 Å². The van der Waals surface area contributed by atoms with Crippen LogP contribution in [0.25, 0.3) is 0 Å². The van der Waals surface area contributed by atoms with E-state index < -0.39 is 0 Å². The summed E-state index contributed by atoms with van der Waals surface area (Å²) in [6.45, 7) is 6.06. The van der Waals surface area contributed by atoms with E-state index in [1.165, 1.54) is 45.2 Å². The van der Waals surface area contributed by atoms with E-state index in [0.717, 1.165) is 12.5 Å². The van der Waals surface area contributed by atoms with Crippen LogP contribution in [-0.4, -0.2) is 48.3 Å². The predicted molar refractivity (Wildman–Crippen MR) is 66.5 cm³/mol. The molecule has 2 rings (SSSR count). The van der Waals surface area contributed by atoms with Gasteiger partial charge >= 0.3 is 0 Å². The van der Waals surface area contributed by atoms with E-state index in [4.69, 9.17) is 0 Å². The van der Waals surface area contributed by atoms with Crippen LogP contribution in [0.15, 0.2) is 0 Å². The molecule has 2 atom stereocenters. The lowest BCUT2D eigenvalue weighted by Crippen LogP contribution is -2.47. The van der Waals surface area contributed by atoms with Crippen molar-refractivity contribution in [2.24, 2.45) is 5.92 Å². The summed E-state index contributed by atoms with van der Waals surface area (Å²) >= 11 is 0. The Morgan fingerprint density at radius 3 is 2.81 bits per heavy atom. The van der Waals surface area contributed by atoms with Gasteiger partial charge in [-0.3, -0.25) is 0 Å². The Labute approximate surface area is 99.2 Å². The van der Waals surface area contributed by atoms with Crippen LogP contribution in [0.2, 0.25) is 0 Å². The fraction of sp³-hybridized carbons (Fsp3) is 1.00. The molecule has 1 saturated heterocycles. The second-order valence-corrected chi connectivity index (χ2v) is 5.50. The maximum absolute atomic E-state index is 9.37. The maximum atomic E-state index is 9.37.